The van der Waals surface area contributed by atoms with E-state index in [0.717, 1.165) is 11.1 Å². The lowest BCUT2D eigenvalue weighted by atomic mass is 10.1. The molecule has 2 aromatic carbocycles. The van der Waals surface area contributed by atoms with Gasteiger partial charge in [0.15, 0.2) is 6.61 Å². The van der Waals surface area contributed by atoms with Crippen LogP contribution in [0.25, 0.3) is 0 Å². The highest BCUT2D eigenvalue weighted by Gasteiger charge is 2.07. The zero-order valence-electron chi connectivity index (χ0n) is 13.4. The quantitative estimate of drug-likeness (QED) is 0.743. The summed E-state index contributed by atoms with van der Waals surface area (Å²) in [6.07, 6.45) is 0. The van der Waals surface area contributed by atoms with Crippen LogP contribution in [-0.2, 0) is 4.79 Å². The maximum absolute atomic E-state index is 11.7. The number of carbonyl (C=O) groups is 2. The second-order valence-electron chi connectivity index (χ2n) is 5.12. The number of hydrogen-bond donors (Lipinski definition) is 3. The predicted molar refractivity (Wildman–Crippen MR) is 93.2 cm³/mol. The molecule has 2 rings (SSSR count). The van der Waals surface area contributed by atoms with E-state index in [0.29, 0.717) is 16.5 Å². The summed E-state index contributed by atoms with van der Waals surface area (Å²) in [7, 11) is 0. The Bertz CT molecular complexity index is 732. The number of nitrogens with one attached hydrogen (secondary N) is 3. The number of halogens is 1. The number of urea groups is 1. The van der Waals surface area contributed by atoms with Crippen molar-refractivity contribution in [2.24, 2.45) is 0 Å². The summed E-state index contributed by atoms with van der Waals surface area (Å²) in [6, 6.07) is 11.6. The van der Waals surface area contributed by atoms with Crippen LogP contribution in [-0.4, -0.2) is 18.5 Å². The molecule has 0 aliphatic heterocycles. The number of aryl methyl sites for hydroxylation is 1. The topological polar surface area (TPSA) is 79.5 Å². The Morgan fingerprint density at radius 1 is 1.04 bits per heavy atom. The number of hydrogen-bond acceptors (Lipinski definition) is 3. The van der Waals surface area contributed by atoms with E-state index in [1.807, 2.05) is 26.0 Å². The Morgan fingerprint density at radius 3 is 2.46 bits per heavy atom. The molecular weight excluding hydrogens is 330 g/mol. The lowest BCUT2D eigenvalue weighted by Gasteiger charge is -2.12. The van der Waals surface area contributed by atoms with Gasteiger partial charge in [-0.3, -0.25) is 10.2 Å². The molecular formula is C17H18ClN3O3. The molecule has 2 aromatic rings. The molecule has 0 aliphatic rings. The average molecular weight is 348 g/mol. The molecule has 6 nitrogen and oxygen atoms in total. The number of hydrazine groups is 1. The Morgan fingerprint density at radius 2 is 1.75 bits per heavy atom. The molecule has 0 fully saturated rings. The maximum Gasteiger partial charge on any atom is 0.337 e. The summed E-state index contributed by atoms with van der Waals surface area (Å²) < 4.78 is 5.44. The van der Waals surface area contributed by atoms with Crippen LogP contribution in [0.5, 0.6) is 5.75 Å². The van der Waals surface area contributed by atoms with Crippen molar-refractivity contribution >= 4 is 29.2 Å². The molecule has 0 saturated carbocycles. The zero-order valence-corrected chi connectivity index (χ0v) is 14.1. The molecule has 0 spiro atoms. The SMILES string of the molecule is Cc1cccc(OCC(=O)NNC(=O)Nc2ccc(Cl)cc2)c1C. The van der Waals surface area contributed by atoms with E-state index in [1.54, 1.807) is 30.3 Å². The lowest BCUT2D eigenvalue weighted by molar-refractivity contribution is -0.123. The minimum absolute atomic E-state index is 0.203. The molecule has 0 radical (unpaired) electrons. The van der Waals surface area contributed by atoms with E-state index in [-0.39, 0.29) is 6.61 Å². The van der Waals surface area contributed by atoms with Crippen molar-refractivity contribution < 1.29 is 14.3 Å². The molecule has 0 bridgehead atoms. The molecule has 0 aliphatic carbocycles. The summed E-state index contributed by atoms with van der Waals surface area (Å²) in [5.41, 5.74) is 7.11. The van der Waals surface area contributed by atoms with Gasteiger partial charge in [-0.05, 0) is 55.3 Å². The fraction of sp³-hybridized carbons (Fsp3) is 0.176. The number of ether oxygens (including phenoxy) is 1. The van der Waals surface area contributed by atoms with Gasteiger partial charge in [0.1, 0.15) is 5.75 Å². The highest BCUT2D eigenvalue weighted by molar-refractivity contribution is 6.30. The second-order valence-corrected chi connectivity index (χ2v) is 5.56. The fourth-order valence-corrected chi connectivity index (χ4v) is 2.01. The monoisotopic (exact) mass is 347 g/mol. The predicted octanol–water partition coefficient (Wildman–Crippen LogP) is 3.19. The van der Waals surface area contributed by atoms with Gasteiger partial charge in [0.05, 0.1) is 0 Å². The van der Waals surface area contributed by atoms with Crippen LogP contribution in [0.3, 0.4) is 0 Å². The molecule has 3 amide bonds. The highest BCUT2D eigenvalue weighted by Crippen LogP contribution is 2.20. The third-order valence-corrected chi connectivity index (χ3v) is 3.58. The number of anilines is 1. The molecule has 126 valence electrons. The molecule has 3 N–H and O–H groups in total. The van der Waals surface area contributed by atoms with Gasteiger partial charge in [-0.15, -0.1) is 0 Å². The third-order valence-electron chi connectivity index (χ3n) is 3.33. The van der Waals surface area contributed by atoms with E-state index >= 15 is 0 Å². The largest absolute Gasteiger partial charge is 0.483 e. The van der Waals surface area contributed by atoms with Crippen molar-refractivity contribution in [2.45, 2.75) is 13.8 Å². The van der Waals surface area contributed by atoms with Gasteiger partial charge in [-0.1, -0.05) is 23.7 Å². The summed E-state index contributed by atoms with van der Waals surface area (Å²) in [6.45, 7) is 3.68. The van der Waals surface area contributed by atoms with E-state index < -0.39 is 11.9 Å². The Labute approximate surface area is 145 Å². The minimum atomic E-state index is -0.572. The maximum atomic E-state index is 11.7. The summed E-state index contributed by atoms with van der Waals surface area (Å²) in [5.74, 6) is 0.165. The van der Waals surface area contributed by atoms with Crippen LogP contribution < -0.4 is 20.9 Å². The Balaban J connectivity index is 1.75. The second kappa shape index (κ2) is 8.21. The first-order valence-electron chi connectivity index (χ1n) is 7.26. The van der Waals surface area contributed by atoms with E-state index in [2.05, 4.69) is 16.2 Å². The van der Waals surface area contributed by atoms with Gasteiger partial charge in [0.25, 0.3) is 5.91 Å². The van der Waals surface area contributed by atoms with Crippen LogP contribution in [0, 0.1) is 13.8 Å². The van der Waals surface area contributed by atoms with Crippen molar-refractivity contribution in [3.63, 3.8) is 0 Å². The smallest absolute Gasteiger partial charge is 0.337 e. The van der Waals surface area contributed by atoms with Crippen molar-refractivity contribution in [1.29, 1.82) is 0 Å². The van der Waals surface area contributed by atoms with Crippen LogP contribution in [0.2, 0.25) is 5.02 Å². The number of benzene rings is 2. The number of carbonyl (C=O) groups excluding carboxylic acids is 2. The van der Waals surface area contributed by atoms with Crippen LogP contribution >= 0.6 is 11.6 Å². The first-order valence-corrected chi connectivity index (χ1v) is 7.64. The van der Waals surface area contributed by atoms with Crippen molar-refractivity contribution in [1.82, 2.24) is 10.9 Å². The highest BCUT2D eigenvalue weighted by atomic mass is 35.5. The average Bonchev–Trinajstić information content (AvgIpc) is 2.56. The summed E-state index contributed by atoms with van der Waals surface area (Å²) in [5, 5.41) is 3.12. The van der Waals surface area contributed by atoms with Gasteiger partial charge >= 0.3 is 6.03 Å². The molecule has 0 saturated heterocycles. The Kier molecular flexibility index (Phi) is 6.03. The van der Waals surface area contributed by atoms with Crippen molar-refractivity contribution in [3.8, 4) is 5.75 Å². The minimum Gasteiger partial charge on any atom is -0.483 e. The van der Waals surface area contributed by atoms with Gasteiger partial charge in [-0.2, -0.15) is 0 Å². The van der Waals surface area contributed by atoms with Gasteiger partial charge in [-0.25, -0.2) is 10.2 Å². The molecule has 7 heteroatoms. The molecule has 24 heavy (non-hydrogen) atoms. The Hall–Kier alpha value is -2.73. The first-order chi connectivity index (χ1) is 11.5. The molecule has 0 unspecified atom stereocenters. The molecule has 0 aromatic heterocycles. The molecule has 0 heterocycles. The van der Waals surface area contributed by atoms with Crippen molar-refractivity contribution in [3.05, 3.63) is 58.6 Å². The summed E-state index contributed by atoms with van der Waals surface area (Å²) in [4.78, 5) is 23.4. The lowest BCUT2D eigenvalue weighted by Crippen LogP contribution is -2.45. The first kappa shape index (κ1) is 17.6. The van der Waals surface area contributed by atoms with Gasteiger partial charge in [0.2, 0.25) is 0 Å². The van der Waals surface area contributed by atoms with E-state index in [9.17, 15) is 9.59 Å². The zero-order chi connectivity index (χ0) is 17.5. The summed E-state index contributed by atoms with van der Waals surface area (Å²) >= 11 is 5.76. The van der Waals surface area contributed by atoms with Gasteiger partial charge in [0, 0.05) is 10.7 Å². The normalized spacial score (nSPS) is 9.96. The fourth-order valence-electron chi connectivity index (χ4n) is 1.88. The van der Waals surface area contributed by atoms with Crippen LogP contribution in [0.1, 0.15) is 11.1 Å². The van der Waals surface area contributed by atoms with E-state index in [1.165, 1.54) is 0 Å². The van der Waals surface area contributed by atoms with Gasteiger partial charge < -0.3 is 10.1 Å². The van der Waals surface area contributed by atoms with Crippen molar-refractivity contribution in [2.75, 3.05) is 11.9 Å². The third kappa shape index (κ3) is 5.17. The number of amides is 3. The van der Waals surface area contributed by atoms with E-state index in [4.69, 9.17) is 16.3 Å². The van der Waals surface area contributed by atoms with Crippen LogP contribution in [0.15, 0.2) is 42.5 Å². The standard InChI is InChI=1S/C17H18ClN3O3/c1-11-4-3-5-15(12(11)2)24-10-16(22)20-21-17(23)19-14-8-6-13(18)7-9-14/h3-9H,10H2,1-2H3,(H,20,22)(H2,19,21,23). The number of rotatable bonds is 4. The molecule has 0 atom stereocenters. The van der Waals surface area contributed by atoms with Crippen LogP contribution in [0.4, 0.5) is 10.5 Å².